The normalized spacial score (nSPS) is 18.1. The molecule has 4 aromatic rings. The first-order valence-corrected chi connectivity index (χ1v) is 15.6. The van der Waals surface area contributed by atoms with E-state index >= 15 is 4.39 Å². The number of aryl methyl sites for hydroxylation is 2. The zero-order valence-electron chi connectivity index (χ0n) is 26.6. The van der Waals surface area contributed by atoms with Gasteiger partial charge in [0.2, 0.25) is 11.8 Å². The minimum Gasteiger partial charge on any atom is -0.481 e. The molecule has 1 spiro atoms. The quantitative estimate of drug-likeness (QED) is 0.331. The molecule has 12 heteroatoms. The molecular weight excluding hydrogens is 603 g/mol. The summed E-state index contributed by atoms with van der Waals surface area (Å²) >= 11 is 0. The maximum Gasteiger partial charge on any atom is 0.330 e. The third-order valence-electron chi connectivity index (χ3n) is 9.85. The lowest BCUT2D eigenvalue weighted by molar-refractivity contribution is -0.121. The molecule has 2 aliphatic heterocycles. The van der Waals surface area contributed by atoms with E-state index < -0.39 is 23.0 Å². The predicted molar refractivity (Wildman–Crippen MR) is 174 cm³/mol. The van der Waals surface area contributed by atoms with Crippen molar-refractivity contribution in [2.45, 2.75) is 44.2 Å². The van der Waals surface area contributed by atoms with Crippen LogP contribution in [0.15, 0.2) is 58.3 Å². The minimum atomic E-state index is -0.822. The van der Waals surface area contributed by atoms with Crippen molar-refractivity contribution < 1.29 is 18.7 Å². The number of hydrogen-bond donors (Lipinski definition) is 2. The van der Waals surface area contributed by atoms with E-state index in [1.807, 2.05) is 25.1 Å². The Kier molecular flexibility index (Phi) is 7.35. The lowest BCUT2D eigenvalue weighted by Crippen LogP contribution is -2.67. The zero-order chi connectivity index (χ0) is 33.2. The summed E-state index contributed by atoms with van der Waals surface area (Å²) in [7, 11) is 4.33. The molecule has 1 unspecified atom stereocenters. The summed E-state index contributed by atoms with van der Waals surface area (Å²) in [6, 6.07) is 12.6. The van der Waals surface area contributed by atoms with Crippen LogP contribution < -0.4 is 26.6 Å². The summed E-state index contributed by atoms with van der Waals surface area (Å²) in [5.41, 5.74) is 3.67. The average molecular weight is 639 g/mol. The van der Waals surface area contributed by atoms with Gasteiger partial charge in [0.15, 0.2) is 5.82 Å². The summed E-state index contributed by atoms with van der Waals surface area (Å²) in [6.07, 6.45) is 4.41. The summed E-state index contributed by atoms with van der Waals surface area (Å²) < 4.78 is 23.8. The Hall–Kier alpha value is -5.10. The molecule has 0 radical (unpaired) electrons. The number of methoxy groups -OCH3 is 1. The largest absolute Gasteiger partial charge is 0.481 e. The fraction of sp³-hybridized carbons (Fsp3) is 0.343. The van der Waals surface area contributed by atoms with Gasteiger partial charge in [-0.3, -0.25) is 23.9 Å². The van der Waals surface area contributed by atoms with E-state index in [4.69, 9.17) is 9.72 Å². The van der Waals surface area contributed by atoms with E-state index in [1.165, 1.54) is 25.7 Å². The molecule has 7 rings (SSSR count). The Morgan fingerprint density at radius 3 is 2.51 bits per heavy atom. The molecule has 2 aromatic heterocycles. The van der Waals surface area contributed by atoms with Gasteiger partial charge in [-0.05, 0) is 55.0 Å². The van der Waals surface area contributed by atoms with Crippen molar-refractivity contribution >= 4 is 17.5 Å². The summed E-state index contributed by atoms with van der Waals surface area (Å²) in [4.78, 5) is 56.8. The van der Waals surface area contributed by atoms with Crippen LogP contribution in [0, 0.1) is 12.7 Å². The number of carbonyl (C=O) groups is 2. The molecule has 2 amide bonds. The lowest BCUT2D eigenvalue weighted by atomic mass is 9.86. The van der Waals surface area contributed by atoms with E-state index in [1.54, 1.807) is 19.2 Å². The number of ether oxygens (including phenoxy) is 1. The summed E-state index contributed by atoms with van der Waals surface area (Å²) in [5.74, 6) is -0.780. The second kappa shape index (κ2) is 11.3. The standard InChI is InChI=1S/C35H35FN6O5/c1-19-21(23-9-6-10-25(30(23)36)37-31(44)24-16-40(2)34(46)41(3)33(24)45)7-5-8-22(19)26-15-20-11-12-27(29(20)32(38-26)47-4)42-17-35(18-42)14-13-28(43)39-35/h5-10,15-16,27H,11-14,17-18H2,1-4H3,(H,37,44)(H,39,43). The van der Waals surface area contributed by atoms with Crippen LogP contribution in [0.1, 0.15) is 52.4 Å². The van der Waals surface area contributed by atoms with Crippen LogP contribution in [0.4, 0.5) is 10.1 Å². The number of rotatable bonds is 6. The Labute approximate surface area is 270 Å². The number of anilines is 1. The van der Waals surface area contributed by atoms with Crippen molar-refractivity contribution in [2.24, 2.45) is 14.1 Å². The number of halogens is 1. The number of nitrogens with zero attached hydrogens (tertiary/aromatic N) is 4. The molecule has 2 fully saturated rings. The number of amides is 2. The monoisotopic (exact) mass is 638 g/mol. The van der Waals surface area contributed by atoms with Crippen molar-refractivity contribution in [2.75, 3.05) is 25.5 Å². The highest BCUT2D eigenvalue weighted by atomic mass is 19.1. The van der Waals surface area contributed by atoms with Gasteiger partial charge >= 0.3 is 5.69 Å². The first kappa shape index (κ1) is 30.5. The van der Waals surface area contributed by atoms with Gasteiger partial charge in [-0.2, -0.15) is 0 Å². The van der Waals surface area contributed by atoms with Gasteiger partial charge < -0.3 is 19.9 Å². The third-order valence-corrected chi connectivity index (χ3v) is 9.85. The van der Waals surface area contributed by atoms with Crippen LogP contribution in [-0.4, -0.2) is 56.6 Å². The SMILES string of the molecule is COc1nc(-c2cccc(-c3cccc(NC(=O)c4cn(C)c(=O)n(C)c4=O)c3F)c2C)cc2c1C(N1CC3(CCC(=O)N3)C1)CC2. The van der Waals surface area contributed by atoms with Gasteiger partial charge in [0.25, 0.3) is 11.5 Å². The van der Waals surface area contributed by atoms with Crippen molar-refractivity contribution in [3.8, 4) is 28.3 Å². The number of likely N-dealkylation sites (tertiary alicyclic amines) is 1. The number of benzene rings is 2. The highest BCUT2D eigenvalue weighted by Gasteiger charge is 2.51. The Bertz CT molecular complexity index is 2100. The Morgan fingerprint density at radius 2 is 1.79 bits per heavy atom. The maximum absolute atomic E-state index is 16.0. The number of aromatic nitrogens is 3. The zero-order valence-corrected chi connectivity index (χ0v) is 26.6. The molecular formula is C35H35FN6O5. The van der Waals surface area contributed by atoms with E-state index in [-0.39, 0.29) is 34.3 Å². The molecule has 0 saturated carbocycles. The Balaban J connectivity index is 1.18. The van der Waals surface area contributed by atoms with Gasteiger partial charge in [0.1, 0.15) is 5.56 Å². The van der Waals surface area contributed by atoms with E-state index in [9.17, 15) is 19.2 Å². The third kappa shape index (κ3) is 5.03. The summed E-state index contributed by atoms with van der Waals surface area (Å²) in [5, 5.41) is 5.67. The fourth-order valence-corrected chi connectivity index (χ4v) is 7.40. The van der Waals surface area contributed by atoms with Crippen LogP contribution in [0.3, 0.4) is 0 Å². The Morgan fingerprint density at radius 1 is 1.06 bits per heavy atom. The molecule has 2 aromatic carbocycles. The number of hydrogen-bond acceptors (Lipinski definition) is 7. The summed E-state index contributed by atoms with van der Waals surface area (Å²) in [6.45, 7) is 3.55. The van der Waals surface area contributed by atoms with Crippen molar-refractivity contribution in [1.29, 1.82) is 0 Å². The second-order valence-electron chi connectivity index (χ2n) is 12.8. The molecule has 2 N–H and O–H groups in total. The second-order valence-corrected chi connectivity index (χ2v) is 12.8. The van der Waals surface area contributed by atoms with Crippen LogP contribution in [0.5, 0.6) is 5.88 Å². The van der Waals surface area contributed by atoms with E-state index in [0.29, 0.717) is 17.9 Å². The van der Waals surface area contributed by atoms with Gasteiger partial charge in [-0.15, -0.1) is 0 Å². The van der Waals surface area contributed by atoms with Crippen LogP contribution in [-0.2, 0) is 25.3 Å². The molecule has 3 aliphatic rings. The molecule has 0 bridgehead atoms. The van der Waals surface area contributed by atoms with E-state index in [2.05, 4.69) is 21.6 Å². The number of pyridine rings is 1. The van der Waals surface area contributed by atoms with Gasteiger partial charge in [0.05, 0.1) is 24.0 Å². The maximum atomic E-state index is 16.0. The fourth-order valence-electron chi connectivity index (χ4n) is 7.40. The molecule has 1 aliphatic carbocycles. The average Bonchev–Trinajstić information content (AvgIpc) is 3.65. The minimum absolute atomic E-state index is 0.0958. The highest BCUT2D eigenvalue weighted by molar-refractivity contribution is 6.04. The van der Waals surface area contributed by atoms with Crippen molar-refractivity contribution in [3.05, 3.63) is 97.6 Å². The number of nitrogens with one attached hydrogen (secondary N) is 2. The van der Waals surface area contributed by atoms with Gasteiger partial charge in [-0.1, -0.05) is 30.3 Å². The number of carbonyl (C=O) groups excluding carboxylic acids is 2. The molecule has 1 atom stereocenters. The van der Waals surface area contributed by atoms with Crippen LogP contribution >= 0.6 is 0 Å². The van der Waals surface area contributed by atoms with Crippen molar-refractivity contribution in [3.63, 3.8) is 0 Å². The first-order valence-electron chi connectivity index (χ1n) is 15.6. The van der Waals surface area contributed by atoms with Crippen LogP contribution in [0.25, 0.3) is 22.4 Å². The van der Waals surface area contributed by atoms with E-state index in [0.717, 1.165) is 70.1 Å². The highest BCUT2D eigenvalue weighted by Crippen LogP contribution is 2.47. The molecule has 242 valence electrons. The smallest absolute Gasteiger partial charge is 0.330 e. The van der Waals surface area contributed by atoms with Crippen molar-refractivity contribution in [1.82, 2.24) is 24.3 Å². The first-order chi connectivity index (χ1) is 22.5. The van der Waals surface area contributed by atoms with Gasteiger partial charge in [-0.25, -0.2) is 14.2 Å². The lowest BCUT2D eigenvalue weighted by Gasteiger charge is -2.50. The van der Waals surface area contributed by atoms with Gasteiger partial charge in [0, 0.05) is 62.5 Å². The topological polar surface area (TPSA) is 128 Å². The molecule has 11 nitrogen and oxygen atoms in total. The molecule has 47 heavy (non-hydrogen) atoms. The number of fused-ring (bicyclic) bond motifs is 1. The molecule has 4 heterocycles. The predicted octanol–water partition coefficient (Wildman–Crippen LogP) is 3.47. The van der Waals surface area contributed by atoms with Crippen LogP contribution in [0.2, 0.25) is 0 Å². The molecule has 2 saturated heterocycles.